The summed E-state index contributed by atoms with van der Waals surface area (Å²) in [4.78, 5) is 34.3. The number of benzene rings is 1. The average Bonchev–Trinajstić information content (AvgIpc) is 2.49. The predicted octanol–water partition coefficient (Wildman–Crippen LogP) is 2.50. The summed E-state index contributed by atoms with van der Waals surface area (Å²) >= 11 is 0. The van der Waals surface area contributed by atoms with Gasteiger partial charge in [-0.15, -0.1) is 0 Å². The van der Waals surface area contributed by atoms with Crippen molar-refractivity contribution in [2.45, 2.75) is 46.1 Å². The molecule has 4 N–H and O–H groups in total. The Morgan fingerprint density at radius 1 is 1.38 bits per heavy atom. The van der Waals surface area contributed by atoms with Crippen LogP contribution in [0.1, 0.15) is 49.5 Å². The molecule has 0 radical (unpaired) electrons. The van der Waals surface area contributed by atoms with Gasteiger partial charge in [0.05, 0.1) is 5.56 Å². The molecule has 7 heteroatoms. The molecule has 0 aromatic heterocycles. The number of rotatable bonds is 8. The summed E-state index contributed by atoms with van der Waals surface area (Å²) in [6, 6.07) is 4.16. The van der Waals surface area contributed by atoms with Crippen LogP contribution in [0.4, 0.5) is 5.69 Å². The van der Waals surface area contributed by atoms with Gasteiger partial charge in [-0.2, -0.15) is 5.11 Å². The third-order valence-corrected chi connectivity index (χ3v) is 3.42. The molecule has 2 amide bonds. The Hall–Kier alpha value is -2.57. The van der Waals surface area contributed by atoms with Crippen molar-refractivity contribution >= 4 is 23.8 Å². The fraction of sp³-hybridized carbons (Fsp3) is 0.471. The van der Waals surface area contributed by atoms with Crippen LogP contribution in [-0.2, 0) is 16.0 Å². The molecular weight excluding hydrogens is 308 g/mol. The number of nitrogens with one attached hydrogen (secondary N) is 2. The van der Waals surface area contributed by atoms with Crippen LogP contribution in [0.3, 0.4) is 0 Å². The normalized spacial score (nSPS) is 12.3. The fourth-order valence-electron chi connectivity index (χ4n) is 2.38. The molecule has 130 valence electrons. The highest BCUT2D eigenvalue weighted by atomic mass is 16.2. The highest BCUT2D eigenvalue weighted by Gasteiger charge is 2.23. The second-order valence-electron chi connectivity index (χ2n) is 6.83. The van der Waals surface area contributed by atoms with Crippen molar-refractivity contribution in [3.63, 3.8) is 0 Å². The summed E-state index contributed by atoms with van der Waals surface area (Å²) in [6.45, 7) is 6.15. The van der Waals surface area contributed by atoms with Crippen molar-refractivity contribution in [3.05, 3.63) is 29.3 Å². The van der Waals surface area contributed by atoms with E-state index in [0.717, 1.165) is 5.56 Å². The molecule has 1 unspecified atom stereocenters. The summed E-state index contributed by atoms with van der Waals surface area (Å²) in [5, 5.41) is 6.02. The van der Waals surface area contributed by atoms with Crippen LogP contribution in [-0.4, -0.2) is 24.1 Å². The Balaban J connectivity index is 3.09. The van der Waals surface area contributed by atoms with E-state index >= 15 is 0 Å². The lowest BCUT2D eigenvalue weighted by Gasteiger charge is -2.20. The maximum absolute atomic E-state index is 12.5. The molecule has 0 fully saturated rings. The topological polar surface area (TPSA) is 125 Å². The van der Waals surface area contributed by atoms with Gasteiger partial charge in [-0.25, -0.2) is 5.53 Å². The zero-order valence-electron chi connectivity index (χ0n) is 14.3. The average molecular weight is 332 g/mol. The second kappa shape index (κ2) is 8.33. The molecule has 1 atom stereocenters. The summed E-state index contributed by atoms with van der Waals surface area (Å²) in [5.41, 5.74) is 13.9. The SMILES string of the molecule is CC(C)(C)Cc1cccc(C(=O)NC(CCC=O)C(N)=O)c1N=N. The number of hydrogen-bond donors (Lipinski definition) is 3. The second-order valence-corrected chi connectivity index (χ2v) is 6.83. The van der Waals surface area contributed by atoms with Crippen LogP contribution in [0.2, 0.25) is 0 Å². The van der Waals surface area contributed by atoms with E-state index in [-0.39, 0.29) is 29.5 Å². The van der Waals surface area contributed by atoms with Gasteiger partial charge < -0.3 is 15.8 Å². The maximum Gasteiger partial charge on any atom is 0.254 e. The minimum absolute atomic E-state index is 0.0335. The van der Waals surface area contributed by atoms with Gasteiger partial charge >= 0.3 is 0 Å². The first-order chi connectivity index (χ1) is 11.2. The van der Waals surface area contributed by atoms with Crippen molar-refractivity contribution in [1.29, 1.82) is 5.53 Å². The number of hydrogen-bond acceptors (Lipinski definition) is 5. The summed E-state index contributed by atoms with van der Waals surface area (Å²) in [5.74, 6) is -1.24. The Kier molecular flexibility index (Phi) is 6.76. The first kappa shape index (κ1) is 19.5. The molecule has 0 aliphatic carbocycles. The molecule has 0 saturated carbocycles. The summed E-state index contributed by atoms with van der Waals surface area (Å²) < 4.78 is 0. The number of amides is 2. The number of para-hydroxylation sites is 1. The molecule has 0 heterocycles. The molecule has 1 aromatic rings. The third-order valence-electron chi connectivity index (χ3n) is 3.42. The minimum atomic E-state index is -0.937. The lowest BCUT2D eigenvalue weighted by molar-refractivity contribution is -0.120. The quantitative estimate of drug-likeness (QED) is 0.500. The van der Waals surface area contributed by atoms with Gasteiger partial charge in [-0.1, -0.05) is 32.9 Å². The van der Waals surface area contributed by atoms with Gasteiger partial charge in [0.25, 0.3) is 5.91 Å². The maximum atomic E-state index is 12.5. The number of aldehydes is 1. The molecule has 1 aromatic carbocycles. The highest BCUT2D eigenvalue weighted by Crippen LogP contribution is 2.30. The van der Waals surface area contributed by atoms with Gasteiger partial charge in [-0.05, 0) is 29.9 Å². The van der Waals surface area contributed by atoms with E-state index in [4.69, 9.17) is 11.3 Å². The number of nitrogens with two attached hydrogens (primary N) is 1. The molecule has 7 nitrogen and oxygen atoms in total. The van der Waals surface area contributed by atoms with Gasteiger partial charge in [0.15, 0.2) is 0 Å². The van der Waals surface area contributed by atoms with Crippen molar-refractivity contribution < 1.29 is 14.4 Å². The smallest absolute Gasteiger partial charge is 0.254 e. The molecule has 0 aliphatic rings. The molecule has 24 heavy (non-hydrogen) atoms. The molecular formula is C17H24N4O3. The lowest BCUT2D eigenvalue weighted by Crippen LogP contribution is -2.44. The molecule has 0 aliphatic heterocycles. The Morgan fingerprint density at radius 2 is 2.04 bits per heavy atom. The van der Waals surface area contributed by atoms with Crippen LogP contribution in [0.15, 0.2) is 23.3 Å². The zero-order valence-corrected chi connectivity index (χ0v) is 14.3. The van der Waals surface area contributed by atoms with E-state index in [2.05, 4.69) is 31.2 Å². The Labute approximate surface area is 141 Å². The van der Waals surface area contributed by atoms with E-state index in [1.807, 2.05) is 6.07 Å². The Morgan fingerprint density at radius 3 is 2.54 bits per heavy atom. The van der Waals surface area contributed by atoms with Gasteiger partial charge in [0.1, 0.15) is 18.0 Å². The van der Waals surface area contributed by atoms with Crippen molar-refractivity contribution in [2.24, 2.45) is 16.3 Å². The molecule has 1 rings (SSSR count). The van der Waals surface area contributed by atoms with Crippen molar-refractivity contribution in [3.8, 4) is 0 Å². The van der Waals surface area contributed by atoms with Crippen LogP contribution in [0, 0.1) is 10.9 Å². The Bertz CT molecular complexity index is 635. The zero-order chi connectivity index (χ0) is 18.3. The van der Waals surface area contributed by atoms with Crippen LogP contribution >= 0.6 is 0 Å². The standard InChI is InChI=1S/C17H24N4O3/c1-17(2,3)10-11-6-4-7-12(14(11)21-19)16(24)20-13(15(18)23)8-5-9-22/h4,6-7,9,13,19H,5,8,10H2,1-3H3,(H2,18,23)(H,20,24). The van der Waals surface area contributed by atoms with E-state index in [0.29, 0.717) is 12.7 Å². The fourth-order valence-corrected chi connectivity index (χ4v) is 2.38. The van der Waals surface area contributed by atoms with Crippen LogP contribution < -0.4 is 11.1 Å². The number of carbonyl (C=O) groups is 3. The number of nitrogens with zero attached hydrogens (tertiary/aromatic N) is 1. The first-order valence-corrected chi connectivity index (χ1v) is 7.72. The van der Waals surface area contributed by atoms with Gasteiger partial charge in [0.2, 0.25) is 5.91 Å². The monoisotopic (exact) mass is 332 g/mol. The van der Waals surface area contributed by atoms with Crippen molar-refractivity contribution in [2.75, 3.05) is 0 Å². The first-order valence-electron chi connectivity index (χ1n) is 7.72. The summed E-state index contributed by atoms with van der Waals surface area (Å²) in [6.07, 6.45) is 1.57. The largest absolute Gasteiger partial charge is 0.368 e. The summed E-state index contributed by atoms with van der Waals surface area (Å²) in [7, 11) is 0. The molecule has 0 spiro atoms. The lowest BCUT2D eigenvalue weighted by atomic mass is 9.86. The van der Waals surface area contributed by atoms with Crippen molar-refractivity contribution in [1.82, 2.24) is 5.32 Å². The molecule has 0 bridgehead atoms. The van der Waals surface area contributed by atoms with E-state index < -0.39 is 17.9 Å². The van der Waals surface area contributed by atoms with Crippen LogP contribution in [0.5, 0.6) is 0 Å². The van der Waals surface area contributed by atoms with E-state index in [1.54, 1.807) is 12.1 Å². The number of primary amides is 1. The van der Waals surface area contributed by atoms with E-state index in [9.17, 15) is 14.4 Å². The van der Waals surface area contributed by atoms with Crippen LogP contribution in [0.25, 0.3) is 0 Å². The molecule has 0 saturated heterocycles. The number of carbonyl (C=O) groups excluding carboxylic acids is 3. The highest BCUT2D eigenvalue weighted by molar-refractivity contribution is 6.01. The predicted molar refractivity (Wildman–Crippen MR) is 90.2 cm³/mol. The minimum Gasteiger partial charge on any atom is -0.368 e. The van der Waals surface area contributed by atoms with Gasteiger partial charge in [-0.3, -0.25) is 9.59 Å². The third kappa shape index (κ3) is 5.57. The van der Waals surface area contributed by atoms with E-state index in [1.165, 1.54) is 0 Å². The van der Waals surface area contributed by atoms with Gasteiger partial charge in [0, 0.05) is 6.42 Å².